The van der Waals surface area contributed by atoms with Crippen LogP contribution in [-0.2, 0) is 4.79 Å². The number of carbonyl (C=O) groups is 1. The Morgan fingerprint density at radius 1 is 1.38 bits per heavy atom. The molecular weight excluding hydrogens is 326 g/mol. The van der Waals surface area contributed by atoms with Crippen molar-refractivity contribution in [3.8, 4) is 6.07 Å². The van der Waals surface area contributed by atoms with E-state index in [2.05, 4.69) is 28.2 Å². The number of amides is 1. The lowest BCUT2D eigenvalue weighted by Crippen LogP contribution is -2.50. The molecule has 1 aliphatic rings. The van der Waals surface area contributed by atoms with Crippen LogP contribution in [0.3, 0.4) is 0 Å². The topological polar surface area (TPSA) is 72.3 Å². The molecule has 1 N–H and O–H groups in total. The molecule has 3 rings (SSSR count). The molecule has 1 aromatic heterocycles. The Morgan fingerprint density at radius 3 is 2.92 bits per heavy atom. The summed E-state index contributed by atoms with van der Waals surface area (Å²) in [5.74, 6) is 0.598. The predicted octanol–water partition coefficient (Wildman–Crippen LogP) is 2.00. The number of fused-ring (bicyclic) bond motifs is 1. The van der Waals surface area contributed by atoms with E-state index in [9.17, 15) is 10.1 Å². The average molecular weight is 351 g/mol. The molecule has 2 aromatic rings. The maximum atomic E-state index is 11.9. The fraction of sp³-hybridized carbons (Fsp3) is 0.450. The van der Waals surface area contributed by atoms with Crippen molar-refractivity contribution < 1.29 is 4.79 Å². The van der Waals surface area contributed by atoms with E-state index < -0.39 is 0 Å². The number of hydrogen-bond donors (Lipinski definition) is 1. The first-order chi connectivity index (χ1) is 12.5. The SMILES string of the molecule is C[C@H]1C[C@@H](NCC(=O)N(C)C)CN(c2ccc(C#N)c3ncccc23)C1. The number of pyridine rings is 1. The van der Waals surface area contributed by atoms with Crippen LogP contribution in [0.4, 0.5) is 5.69 Å². The van der Waals surface area contributed by atoms with Gasteiger partial charge in [0.25, 0.3) is 0 Å². The standard InChI is InChI=1S/C20H25N5O/c1-14-9-16(23-11-19(26)24(2)3)13-25(12-14)18-7-6-15(10-21)20-17(18)5-4-8-22-20/h4-8,14,16,23H,9,11-13H2,1-3H3/t14-,16+/m0/s1. The van der Waals surface area contributed by atoms with Gasteiger partial charge in [-0.2, -0.15) is 5.26 Å². The number of nitriles is 1. The van der Waals surface area contributed by atoms with Crippen LogP contribution in [0.1, 0.15) is 18.9 Å². The Bertz CT molecular complexity index is 842. The third kappa shape index (κ3) is 3.78. The van der Waals surface area contributed by atoms with Crippen LogP contribution in [0.15, 0.2) is 30.5 Å². The van der Waals surface area contributed by atoms with Crippen LogP contribution in [0.5, 0.6) is 0 Å². The Kier molecular flexibility index (Phi) is 5.38. The highest BCUT2D eigenvalue weighted by Crippen LogP contribution is 2.31. The summed E-state index contributed by atoms with van der Waals surface area (Å²) >= 11 is 0. The average Bonchev–Trinajstić information content (AvgIpc) is 2.64. The fourth-order valence-corrected chi connectivity index (χ4v) is 3.61. The number of benzene rings is 1. The molecule has 0 unspecified atom stereocenters. The van der Waals surface area contributed by atoms with E-state index >= 15 is 0 Å². The number of nitrogens with one attached hydrogen (secondary N) is 1. The predicted molar refractivity (Wildman–Crippen MR) is 103 cm³/mol. The van der Waals surface area contributed by atoms with Gasteiger partial charge >= 0.3 is 0 Å². The van der Waals surface area contributed by atoms with Gasteiger partial charge in [-0.3, -0.25) is 9.78 Å². The molecule has 2 atom stereocenters. The van der Waals surface area contributed by atoms with Crippen LogP contribution >= 0.6 is 0 Å². The van der Waals surface area contributed by atoms with Gasteiger partial charge in [-0.25, -0.2) is 0 Å². The van der Waals surface area contributed by atoms with Crippen molar-refractivity contribution in [3.05, 3.63) is 36.0 Å². The summed E-state index contributed by atoms with van der Waals surface area (Å²) in [5.41, 5.74) is 2.45. The smallest absolute Gasteiger partial charge is 0.236 e. The number of aromatic nitrogens is 1. The van der Waals surface area contributed by atoms with Gasteiger partial charge in [0, 0.05) is 50.5 Å². The normalized spacial score (nSPS) is 20.0. The van der Waals surface area contributed by atoms with Crippen molar-refractivity contribution in [2.24, 2.45) is 5.92 Å². The minimum atomic E-state index is 0.0859. The van der Waals surface area contributed by atoms with Gasteiger partial charge in [-0.15, -0.1) is 0 Å². The molecule has 1 amide bonds. The fourth-order valence-electron chi connectivity index (χ4n) is 3.61. The van der Waals surface area contributed by atoms with Crippen molar-refractivity contribution in [1.82, 2.24) is 15.2 Å². The Hall–Kier alpha value is -2.65. The lowest BCUT2D eigenvalue weighted by molar-refractivity contribution is -0.127. The molecule has 6 heteroatoms. The van der Waals surface area contributed by atoms with Crippen molar-refractivity contribution in [2.75, 3.05) is 38.6 Å². The summed E-state index contributed by atoms with van der Waals surface area (Å²) < 4.78 is 0. The molecule has 136 valence electrons. The van der Waals surface area contributed by atoms with E-state index in [0.29, 0.717) is 18.0 Å². The highest BCUT2D eigenvalue weighted by molar-refractivity contribution is 5.95. The summed E-state index contributed by atoms with van der Waals surface area (Å²) in [5, 5.41) is 13.7. The molecule has 2 heterocycles. The quantitative estimate of drug-likeness (QED) is 0.912. The Morgan fingerprint density at radius 2 is 2.19 bits per heavy atom. The van der Waals surface area contributed by atoms with E-state index in [4.69, 9.17) is 0 Å². The lowest BCUT2D eigenvalue weighted by atomic mass is 9.94. The molecule has 1 fully saturated rings. The zero-order chi connectivity index (χ0) is 18.7. The van der Waals surface area contributed by atoms with Gasteiger partial charge in [0.15, 0.2) is 0 Å². The number of piperidine rings is 1. The second-order valence-corrected chi connectivity index (χ2v) is 7.26. The van der Waals surface area contributed by atoms with Gasteiger partial charge in [0.2, 0.25) is 5.91 Å². The first-order valence-corrected chi connectivity index (χ1v) is 8.96. The summed E-state index contributed by atoms with van der Waals surface area (Å²) in [7, 11) is 3.55. The Balaban J connectivity index is 1.84. The monoisotopic (exact) mass is 351 g/mol. The molecule has 1 saturated heterocycles. The van der Waals surface area contributed by atoms with E-state index in [0.717, 1.165) is 36.1 Å². The molecule has 0 spiro atoms. The summed E-state index contributed by atoms with van der Waals surface area (Å²) in [6.07, 6.45) is 2.77. The second kappa shape index (κ2) is 7.71. The lowest BCUT2D eigenvalue weighted by Gasteiger charge is -2.39. The van der Waals surface area contributed by atoms with Crippen LogP contribution in [-0.4, -0.2) is 55.6 Å². The van der Waals surface area contributed by atoms with Crippen molar-refractivity contribution in [1.29, 1.82) is 5.26 Å². The van der Waals surface area contributed by atoms with Crippen LogP contribution < -0.4 is 10.2 Å². The zero-order valence-corrected chi connectivity index (χ0v) is 15.6. The maximum Gasteiger partial charge on any atom is 0.236 e. The van der Waals surface area contributed by atoms with Gasteiger partial charge in [0.1, 0.15) is 6.07 Å². The molecule has 0 radical (unpaired) electrons. The first-order valence-electron chi connectivity index (χ1n) is 8.96. The summed E-state index contributed by atoms with van der Waals surface area (Å²) in [4.78, 5) is 20.2. The van der Waals surface area contributed by atoms with Gasteiger partial charge in [0.05, 0.1) is 17.6 Å². The van der Waals surface area contributed by atoms with Crippen molar-refractivity contribution in [2.45, 2.75) is 19.4 Å². The molecule has 6 nitrogen and oxygen atoms in total. The number of carbonyl (C=O) groups excluding carboxylic acids is 1. The molecule has 1 aliphatic heterocycles. The highest BCUT2D eigenvalue weighted by atomic mass is 16.2. The van der Waals surface area contributed by atoms with Gasteiger partial charge in [-0.1, -0.05) is 6.92 Å². The summed E-state index contributed by atoms with van der Waals surface area (Å²) in [6.45, 7) is 4.38. The molecule has 0 bridgehead atoms. The minimum absolute atomic E-state index is 0.0859. The third-order valence-electron chi connectivity index (χ3n) is 4.91. The molecule has 26 heavy (non-hydrogen) atoms. The van der Waals surface area contributed by atoms with E-state index in [1.54, 1.807) is 25.2 Å². The molecular formula is C20H25N5O. The van der Waals surface area contributed by atoms with Crippen molar-refractivity contribution in [3.63, 3.8) is 0 Å². The van der Waals surface area contributed by atoms with E-state index in [1.807, 2.05) is 24.3 Å². The second-order valence-electron chi connectivity index (χ2n) is 7.26. The largest absolute Gasteiger partial charge is 0.369 e. The molecule has 1 aromatic carbocycles. The maximum absolute atomic E-state index is 11.9. The van der Waals surface area contributed by atoms with E-state index in [1.165, 1.54) is 0 Å². The number of rotatable bonds is 4. The minimum Gasteiger partial charge on any atom is -0.369 e. The van der Waals surface area contributed by atoms with Gasteiger partial charge in [-0.05, 0) is 36.6 Å². The first kappa shape index (κ1) is 18.2. The number of nitrogens with zero attached hydrogens (tertiary/aromatic N) is 4. The number of likely N-dealkylation sites (N-methyl/N-ethyl adjacent to an activating group) is 1. The highest BCUT2D eigenvalue weighted by Gasteiger charge is 2.26. The summed E-state index contributed by atoms with van der Waals surface area (Å²) in [6, 6.07) is 10.3. The van der Waals surface area contributed by atoms with Crippen LogP contribution in [0.25, 0.3) is 10.9 Å². The number of hydrogen-bond acceptors (Lipinski definition) is 5. The van der Waals surface area contributed by atoms with E-state index in [-0.39, 0.29) is 11.9 Å². The number of anilines is 1. The van der Waals surface area contributed by atoms with Crippen molar-refractivity contribution >= 4 is 22.5 Å². The molecule has 0 aliphatic carbocycles. The van der Waals surface area contributed by atoms with Crippen LogP contribution in [0.2, 0.25) is 0 Å². The zero-order valence-electron chi connectivity index (χ0n) is 15.6. The molecule has 0 saturated carbocycles. The van der Waals surface area contributed by atoms with Crippen LogP contribution in [0, 0.1) is 17.2 Å². The van der Waals surface area contributed by atoms with Gasteiger partial charge < -0.3 is 15.1 Å². The third-order valence-corrected chi connectivity index (χ3v) is 4.91. The Labute approximate surface area is 154 Å².